The first-order chi connectivity index (χ1) is 14.4. The van der Waals surface area contributed by atoms with Gasteiger partial charge in [-0.3, -0.25) is 9.05 Å². The largest absolute Gasteiger partial charge is 0.470 e. The molecule has 0 aliphatic rings. The number of aliphatic hydroxyl groups is 8. The predicted molar refractivity (Wildman–Crippen MR) is 96.2 cm³/mol. The van der Waals surface area contributed by atoms with Crippen LogP contribution in [0.15, 0.2) is 0 Å². The quantitative estimate of drug-likeness (QED) is 0.0747. The Kier molecular flexibility index (Phi) is 15.9. The van der Waals surface area contributed by atoms with Crippen LogP contribution >= 0.6 is 15.6 Å². The molecule has 0 heterocycles. The lowest BCUT2D eigenvalue weighted by atomic mass is 10.0. The highest BCUT2D eigenvalue weighted by Crippen LogP contribution is 2.38. The van der Waals surface area contributed by atoms with Crippen molar-refractivity contribution in [2.75, 3.05) is 13.2 Å². The van der Waals surface area contributed by atoms with Crippen LogP contribution in [-0.4, -0.2) is 135 Å². The Labute approximate surface area is 179 Å². The minimum Gasteiger partial charge on any atom is -0.394 e. The lowest BCUT2D eigenvalue weighted by molar-refractivity contribution is -0.135. The molecular formula is C12H26O18P2. The molecule has 20 heteroatoms. The first-order valence-electron chi connectivity index (χ1n) is 8.14. The Balaban J connectivity index is 0. The van der Waals surface area contributed by atoms with Gasteiger partial charge in [0.25, 0.3) is 0 Å². The van der Waals surface area contributed by atoms with E-state index in [1.807, 2.05) is 0 Å². The lowest BCUT2D eigenvalue weighted by Crippen LogP contribution is -2.47. The molecule has 8 atom stereocenters. The molecule has 0 aromatic rings. The van der Waals surface area contributed by atoms with E-state index in [1.54, 1.807) is 0 Å². The van der Waals surface area contributed by atoms with E-state index < -0.39 is 77.7 Å². The molecule has 0 unspecified atom stereocenters. The van der Waals surface area contributed by atoms with E-state index in [4.69, 9.17) is 50.2 Å². The molecule has 32 heavy (non-hydrogen) atoms. The van der Waals surface area contributed by atoms with Crippen molar-refractivity contribution in [2.45, 2.75) is 48.8 Å². The Morgan fingerprint density at radius 1 is 0.594 bits per heavy atom. The summed E-state index contributed by atoms with van der Waals surface area (Å²) in [5.74, 6) is 0. The number of aldehydes is 2. The van der Waals surface area contributed by atoms with Crippen LogP contribution in [0.1, 0.15) is 0 Å². The summed E-state index contributed by atoms with van der Waals surface area (Å²) < 4.78 is 28.5. The van der Waals surface area contributed by atoms with Crippen LogP contribution in [0.25, 0.3) is 0 Å². The van der Waals surface area contributed by atoms with E-state index in [0.29, 0.717) is 0 Å². The van der Waals surface area contributed by atoms with Crippen LogP contribution in [0, 0.1) is 0 Å². The van der Waals surface area contributed by atoms with Gasteiger partial charge in [0, 0.05) is 0 Å². The van der Waals surface area contributed by atoms with Crippen molar-refractivity contribution in [3.8, 4) is 0 Å². The molecule has 0 amide bonds. The highest BCUT2D eigenvalue weighted by atomic mass is 31.2. The van der Waals surface area contributed by atoms with Gasteiger partial charge in [-0.1, -0.05) is 0 Å². The summed E-state index contributed by atoms with van der Waals surface area (Å²) in [6, 6.07) is 0. The summed E-state index contributed by atoms with van der Waals surface area (Å²) in [5, 5.41) is 71.4. The Morgan fingerprint density at radius 3 is 1.00 bits per heavy atom. The van der Waals surface area contributed by atoms with E-state index in [9.17, 15) is 28.9 Å². The molecule has 0 aromatic carbocycles. The number of hydrogen-bond donors (Lipinski definition) is 12. The van der Waals surface area contributed by atoms with Gasteiger partial charge in [0.05, 0.1) is 13.2 Å². The minimum absolute atomic E-state index is 0.142. The highest BCUT2D eigenvalue weighted by molar-refractivity contribution is 7.46. The van der Waals surface area contributed by atoms with Gasteiger partial charge in [-0.15, -0.1) is 0 Å². The minimum atomic E-state index is -5.02. The van der Waals surface area contributed by atoms with Crippen molar-refractivity contribution in [1.82, 2.24) is 0 Å². The molecule has 0 bridgehead atoms. The Bertz CT molecular complexity index is 579. The van der Waals surface area contributed by atoms with Crippen molar-refractivity contribution in [1.29, 1.82) is 0 Å². The molecular weight excluding hydrogens is 494 g/mol. The summed E-state index contributed by atoms with van der Waals surface area (Å²) in [5.41, 5.74) is 0. The summed E-state index contributed by atoms with van der Waals surface area (Å²) in [6.45, 7) is -1.81. The fourth-order valence-corrected chi connectivity index (χ4v) is 2.70. The van der Waals surface area contributed by atoms with Crippen LogP contribution in [-0.2, 0) is 27.8 Å². The topological polar surface area (TPSA) is 330 Å². The number of carbonyl (C=O) groups is 2. The van der Waals surface area contributed by atoms with Crippen LogP contribution in [0.5, 0.6) is 0 Å². The molecule has 12 N–H and O–H groups in total. The molecule has 0 aliphatic carbocycles. The molecule has 18 nitrogen and oxygen atoms in total. The fourth-order valence-electron chi connectivity index (χ4n) is 1.71. The standard InChI is InChI=1S/2C6H13O9P/c2*7-1-3(9)5(10)6(11)4(2-8)15-16(12,13)14/h2*2-7,9-11H,1H2,(H2,12,13,14)/t2*3-,4+,5-,6-/m11/s1. The number of phosphoric ester groups is 2. The van der Waals surface area contributed by atoms with Gasteiger partial charge >= 0.3 is 15.6 Å². The molecule has 0 saturated heterocycles. The van der Waals surface area contributed by atoms with Crippen LogP contribution in [0.2, 0.25) is 0 Å². The van der Waals surface area contributed by atoms with Crippen molar-refractivity contribution >= 4 is 28.2 Å². The third-order valence-electron chi connectivity index (χ3n) is 3.32. The summed E-state index contributed by atoms with van der Waals surface area (Å²) in [6.07, 6.45) is -16.0. The SMILES string of the molecule is O=C[C@H](OP(=O)(O)O)[C@@H](O)[C@H](O)[C@H](O)CO.O=C[C@H](OP(=O)(O)O)[C@@H](O)[C@H](O)[C@H](O)CO. The molecule has 0 radical (unpaired) electrons. The number of carbonyl (C=O) groups excluding carboxylic acids is 2. The average Bonchev–Trinajstić information content (AvgIpc) is 2.71. The van der Waals surface area contributed by atoms with Crippen LogP contribution in [0.3, 0.4) is 0 Å². The second-order valence-electron chi connectivity index (χ2n) is 5.86. The highest BCUT2D eigenvalue weighted by Gasteiger charge is 2.36. The van der Waals surface area contributed by atoms with Gasteiger partial charge in [0.2, 0.25) is 0 Å². The van der Waals surface area contributed by atoms with E-state index in [0.717, 1.165) is 0 Å². The second-order valence-corrected chi connectivity index (χ2v) is 8.24. The molecule has 0 fully saturated rings. The maximum Gasteiger partial charge on any atom is 0.470 e. The monoisotopic (exact) mass is 520 g/mol. The van der Waals surface area contributed by atoms with Gasteiger partial charge in [0.15, 0.2) is 24.8 Å². The number of rotatable bonds is 14. The molecule has 0 saturated carbocycles. The average molecular weight is 520 g/mol. The molecule has 0 spiro atoms. The third kappa shape index (κ3) is 13.7. The first kappa shape index (κ1) is 33.4. The van der Waals surface area contributed by atoms with Crippen LogP contribution < -0.4 is 0 Å². The zero-order valence-corrected chi connectivity index (χ0v) is 17.7. The van der Waals surface area contributed by atoms with Gasteiger partial charge in [-0.25, -0.2) is 9.13 Å². The third-order valence-corrected chi connectivity index (χ3v) is 4.36. The first-order valence-corrected chi connectivity index (χ1v) is 11.2. The van der Waals surface area contributed by atoms with E-state index in [-0.39, 0.29) is 12.6 Å². The van der Waals surface area contributed by atoms with Crippen molar-refractivity contribution in [3.63, 3.8) is 0 Å². The van der Waals surface area contributed by atoms with Gasteiger partial charge < -0.3 is 70.0 Å². The lowest BCUT2D eigenvalue weighted by Gasteiger charge is -2.25. The molecule has 0 aliphatic heterocycles. The van der Waals surface area contributed by atoms with Gasteiger partial charge in [-0.05, 0) is 0 Å². The summed E-state index contributed by atoms with van der Waals surface area (Å²) in [7, 11) is -10.0. The maximum absolute atomic E-state index is 10.4. The Hall–Kier alpha value is -0.760. The Morgan fingerprint density at radius 2 is 0.844 bits per heavy atom. The predicted octanol–water partition coefficient (Wildman–Crippen LogP) is -6.52. The van der Waals surface area contributed by atoms with Crippen molar-refractivity contribution < 1.29 is 88.2 Å². The smallest absolute Gasteiger partial charge is 0.394 e. The zero-order valence-electron chi connectivity index (χ0n) is 15.9. The summed E-state index contributed by atoms with van der Waals surface area (Å²) in [4.78, 5) is 54.2. The summed E-state index contributed by atoms with van der Waals surface area (Å²) >= 11 is 0. The normalized spacial score (nSPS) is 19.9. The number of hydrogen-bond acceptors (Lipinski definition) is 14. The van der Waals surface area contributed by atoms with Crippen molar-refractivity contribution in [3.05, 3.63) is 0 Å². The van der Waals surface area contributed by atoms with E-state index in [2.05, 4.69) is 9.05 Å². The van der Waals surface area contributed by atoms with Crippen LogP contribution in [0.4, 0.5) is 0 Å². The fraction of sp³-hybridized carbons (Fsp3) is 0.833. The van der Waals surface area contributed by atoms with E-state index >= 15 is 0 Å². The second kappa shape index (κ2) is 15.2. The van der Waals surface area contributed by atoms with Gasteiger partial charge in [0.1, 0.15) is 36.6 Å². The molecule has 0 aromatic heterocycles. The maximum atomic E-state index is 10.4. The molecule has 0 rings (SSSR count). The number of phosphoric acid groups is 2. The molecule has 192 valence electrons. The van der Waals surface area contributed by atoms with Crippen molar-refractivity contribution in [2.24, 2.45) is 0 Å². The van der Waals surface area contributed by atoms with E-state index in [1.165, 1.54) is 0 Å². The zero-order chi connectivity index (χ0) is 25.9. The number of aliphatic hydroxyl groups excluding tert-OH is 8. The van der Waals surface area contributed by atoms with Gasteiger partial charge in [-0.2, -0.15) is 0 Å².